The van der Waals surface area contributed by atoms with Gasteiger partial charge in [0.05, 0.1) is 5.75 Å². The molecule has 0 radical (unpaired) electrons. The maximum Gasteiger partial charge on any atom is 0.216 e. The zero-order valence-electron chi connectivity index (χ0n) is 12.9. The minimum Gasteiger partial charge on any atom is -0.461 e. The number of fused-ring (bicyclic) bond motifs is 1. The smallest absolute Gasteiger partial charge is 0.216 e. The fourth-order valence-corrected chi connectivity index (χ4v) is 4.03. The largest absolute Gasteiger partial charge is 0.461 e. The van der Waals surface area contributed by atoms with Crippen LogP contribution in [0.5, 0.6) is 0 Å². The van der Waals surface area contributed by atoms with E-state index < -0.39 is 10.0 Å². The van der Waals surface area contributed by atoms with Crippen molar-refractivity contribution in [1.29, 1.82) is 0 Å². The fourth-order valence-electron chi connectivity index (χ4n) is 2.62. The third-order valence-corrected chi connectivity index (χ3v) is 5.04. The molecule has 1 atom stereocenters. The minimum atomic E-state index is -3.38. The van der Waals surface area contributed by atoms with E-state index in [1.54, 1.807) is 0 Å². The van der Waals surface area contributed by atoms with E-state index in [0.717, 1.165) is 22.3 Å². The lowest BCUT2D eigenvalue weighted by atomic mass is 10.2. The molecule has 2 aromatic carbocycles. The predicted octanol–water partition coefficient (Wildman–Crippen LogP) is 3.48. The molecule has 4 nitrogen and oxygen atoms in total. The van der Waals surface area contributed by atoms with Gasteiger partial charge in [-0.1, -0.05) is 48.5 Å². The zero-order chi connectivity index (χ0) is 16.3. The molecule has 1 heterocycles. The number of benzene rings is 2. The van der Waals surface area contributed by atoms with Crippen molar-refractivity contribution in [2.75, 3.05) is 0 Å². The topological polar surface area (TPSA) is 59.3 Å². The van der Waals surface area contributed by atoms with E-state index in [-0.39, 0.29) is 11.8 Å². The van der Waals surface area contributed by atoms with Gasteiger partial charge >= 0.3 is 0 Å². The van der Waals surface area contributed by atoms with Gasteiger partial charge in [-0.15, -0.1) is 0 Å². The fraction of sp³-hybridized carbons (Fsp3) is 0.222. The molecule has 1 aromatic heterocycles. The molecule has 0 fully saturated rings. The Hall–Kier alpha value is -2.11. The molecule has 3 rings (SSSR count). The highest BCUT2D eigenvalue weighted by molar-refractivity contribution is 7.88. The van der Waals surface area contributed by atoms with Crippen LogP contribution in [-0.2, 0) is 22.2 Å². The van der Waals surface area contributed by atoms with Crippen LogP contribution in [-0.4, -0.2) is 14.5 Å². The molecule has 0 saturated heterocycles. The average molecular weight is 329 g/mol. The summed E-state index contributed by atoms with van der Waals surface area (Å²) in [5, 5.41) is 1.03. The molecule has 120 valence electrons. The van der Waals surface area contributed by atoms with E-state index in [1.807, 2.05) is 67.6 Å². The second-order valence-electron chi connectivity index (χ2n) is 5.72. The van der Waals surface area contributed by atoms with Crippen LogP contribution in [0.2, 0.25) is 0 Å². The summed E-state index contributed by atoms with van der Waals surface area (Å²) >= 11 is 0. The van der Waals surface area contributed by atoms with Crippen molar-refractivity contribution in [3.63, 3.8) is 0 Å². The molecule has 0 unspecified atom stereocenters. The molecule has 0 saturated carbocycles. The Morgan fingerprint density at radius 3 is 2.48 bits per heavy atom. The highest BCUT2D eigenvalue weighted by Crippen LogP contribution is 2.20. The number of sulfonamides is 1. The second-order valence-corrected chi connectivity index (χ2v) is 7.47. The minimum absolute atomic E-state index is 0.0156. The molecule has 0 amide bonds. The summed E-state index contributed by atoms with van der Waals surface area (Å²) in [6.45, 7) is 1.84. The molecule has 0 aliphatic heterocycles. The second kappa shape index (κ2) is 6.56. The van der Waals surface area contributed by atoms with Crippen LogP contribution >= 0.6 is 0 Å². The molecule has 1 N–H and O–H groups in total. The summed E-state index contributed by atoms with van der Waals surface area (Å²) in [5.41, 5.74) is 1.60. The summed E-state index contributed by atoms with van der Waals surface area (Å²) in [4.78, 5) is 0. The van der Waals surface area contributed by atoms with Crippen LogP contribution in [0.25, 0.3) is 11.0 Å². The van der Waals surface area contributed by atoms with Crippen LogP contribution in [0.3, 0.4) is 0 Å². The van der Waals surface area contributed by atoms with Crippen molar-refractivity contribution in [3.05, 3.63) is 72.0 Å². The van der Waals surface area contributed by atoms with E-state index >= 15 is 0 Å². The van der Waals surface area contributed by atoms with Gasteiger partial charge in [0, 0.05) is 17.8 Å². The van der Waals surface area contributed by atoms with Crippen molar-refractivity contribution in [2.24, 2.45) is 0 Å². The Labute approximate surface area is 136 Å². The molecule has 3 aromatic rings. The number of hydrogen-bond acceptors (Lipinski definition) is 3. The van der Waals surface area contributed by atoms with E-state index in [9.17, 15) is 8.42 Å². The maximum absolute atomic E-state index is 12.2. The standard InChI is InChI=1S/C18H19NO3S/c1-14(11-17-12-16-9-5-6-10-18(16)22-17)19-23(20,21)13-15-7-3-2-4-8-15/h2-10,12,14,19H,11,13H2,1H3/t14-/m1/s1. The van der Waals surface area contributed by atoms with Crippen molar-refractivity contribution in [3.8, 4) is 0 Å². The van der Waals surface area contributed by atoms with Crippen LogP contribution in [0.1, 0.15) is 18.2 Å². The zero-order valence-corrected chi connectivity index (χ0v) is 13.7. The first-order chi connectivity index (χ1) is 11.0. The van der Waals surface area contributed by atoms with E-state index in [0.29, 0.717) is 6.42 Å². The van der Waals surface area contributed by atoms with Gasteiger partial charge in [-0.2, -0.15) is 0 Å². The van der Waals surface area contributed by atoms with Crippen molar-refractivity contribution in [1.82, 2.24) is 4.72 Å². The summed E-state index contributed by atoms with van der Waals surface area (Å²) < 4.78 is 32.9. The Balaban J connectivity index is 1.65. The summed E-state index contributed by atoms with van der Waals surface area (Å²) in [6.07, 6.45) is 0.517. The van der Waals surface area contributed by atoms with E-state index in [4.69, 9.17) is 4.42 Å². The van der Waals surface area contributed by atoms with E-state index in [2.05, 4.69) is 4.72 Å². The summed E-state index contributed by atoms with van der Waals surface area (Å²) in [6, 6.07) is 18.6. The van der Waals surface area contributed by atoms with Gasteiger partial charge in [0.1, 0.15) is 11.3 Å². The molecular formula is C18H19NO3S. The lowest BCUT2D eigenvalue weighted by Gasteiger charge is -2.13. The van der Waals surface area contributed by atoms with Crippen molar-refractivity contribution in [2.45, 2.75) is 25.1 Å². The molecule has 23 heavy (non-hydrogen) atoms. The normalized spacial score (nSPS) is 13.3. The third-order valence-electron chi connectivity index (χ3n) is 3.56. The Morgan fingerprint density at radius 2 is 1.74 bits per heavy atom. The first-order valence-corrected chi connectivity index (χ1v) is 9.18. The quantitative estimate of drug-likeness (QED) is 0.753. The van der Waals surface area contributed by atoms with Gasteiger partial charge in [0.15, 0.2) is 0 Å². The molecular weight excluding hydrogens is 310 g/mol. The Bertz CT molecular complexity index is 852. The number of furan rings is 1. The number of hydrogen-bond donors (Lipinski definition) is 1. The van der Waals surface area contributed by atoms with Gasteiger partial charge in [0.25, 0.3) is 0 Å². The first-order valence-electron chi connectivity index (χ1n) is 7.53. The molecule has 0 aliphatic carbocycles. The molecule has 5 heteroatoms. The lowest BCUT2D eigenvalue weighted by molar-refractivity contribution is 0.504. The molecule has 0 bridgehead atoms. The van der Waals surface area contributed by atoms with Gasteiger partial charge in [-0.05, 0) is 24.6 Å². The van der Waals surface area contributed by atoms with Crippen molar-refractivity contribution >= 4 is 21.0 Å². The van der Waals surface area contributed by atoms with Crippen LogP contribution in [0, 0.1) is 0 Å². The van der Waals surface area contributed by atoms with E-state index in [1.165, 1.54) is 0 Å². The molecule has 0 aliphatic rings. The lowest BCUT2D eigenvalue weighted by Crippen LogP contribution is -2.34. The third kappa shape index (κ3) is 4.21. The number of para-hydroxylation sites is 1. The number of rotatable bonds is 6. The Morgan fingerprint density at radius 1 is 1.04 bits per heavy atom. The average Bonchev–Trinajstić information content (AvgIpc) is 2.88. The highest BCUT2D eigenvalue weighted by atomic mass is 32.2. The first kappa shape index (κ1) is 15.8. The van der Waals surface area contributed by atoms with Gasteiger partial charge in [0.2, 0.25) is 10.0 Å². The van der Waals surface area contributed by atoms with Crippen LogP contribution in [0.15, 0.2) is 65.1 Å². The van der Waals surface area contributed by atoms with Gasteiger partial charge in [-0.25, -0.2) is 13.1 Å². The summed E-state index contributed by atoms with van der Waals surface area (Å²) in [5.74, 6) is 0.763. The van der Waals surface area contributed by atoms with Gasteiger partial charge < -0.3 is 4.42 Å². The number of nitrogens with one attached hydrogen (secondary N) is 1. The highest BCUT2D eigenvalue weighted by Gasteiger charge is 2.17. The Kier molecular flexibility index (Phi) is 4.50. The van der Waals surface area contributed by atoms with Crippen LogP contribution in [0.4, 0.5) is 0 Å². The van der Waals surface area contributed by atoms with Crippen molar-refractivity contribution < 1.29 is 12.8 Å². The maximum atomic E-state index is 12.2. The van der Waals surface area contributed by atoms with Crippen LogP contribution < -0.4 is 4.72 Å². The van der Waals surface area contributed by atoms with Gasteiger partial charge in [-0.3, -0.25) is 0 Å². The predicted molar refractivity (Wildman–Crippen MR) is 91.6 cm³/mol. The summed E-state index contributed by atoms with van der Waals surface area (Å²) in [7, 11) is -3.38. The monoisotopic (exact) mass is 329 g/mol. The SMILES string of the molecule is C[C@H](Cc1cc2ccccc2o1)NS(=O)(=O)Cc1ccccc1. The molecule has 0 spiro atoms.